The number of hydrogen-bond donors (Lipinski definition) is 0. The summed E-state index contributed by atoms with van der Waals surface area (Å²) >= 11 is 0. The van der Waals surface area contributed by atoms with Crippen molar-refractivity contribution in [2.45, 2.75) is 13.3 Å². The molecule has 0 fully saturated rings. The van der Waals surface area contributed by atoms with Crippen molar-refractivity contribution in [3.63, 3.8) is 0 Å². The van der Waals surface area contributed by atoms with E-state index in [1.54, 1.807) is 25.2 Å². The van der Waals surface area contributed by atoms with E-state index in [1.165, 1.54) is 0 Å². The zero-order valence-corrected chi connectivity index (χ0v) is 8.00. The second-order valence-electron chi connectivity index (χ2n) is 2.70. The quantitative estimate of drug-likeness (QED) is 0.455. The van der Waals surface area contributed by atoms with Gasteiger partial charge in [-0.05, 0) is 12.6 Å². The molecule has 0 atom stereocenters. The minimum atomic E-state index is -0.0234. The number of rotatable bonds is 5. The molecule has 0 spiro atoms. The Morgan fingerprint density at radius 2 is 2.17 bits per heavy atom. The van der Waals surface area contributed by atoms with Gasteiger partial charge in [0.15, 0.2) is 5.78 Å². The van der Waals surface area contributed by atoms with Gasteiger partial charge in [-0.2, -0.15) is 0 Å². The third-order valence-electron chi connectivity index (χ3n) is 1.41. The van der Waals surface area contributed by atoms with E-state index in [2.05, 4.69) is 11.6 Å². The van der Waals surface area contributed by atoms with Crippen LogP contribution in [0.25, 0.3) is 0 Å². The molecule has 0 aliphatic rings. The molecule has 0 aliphatic carbocycles. The fourth-order valence-corrected chi connectivity index (χ4v) is 0.617. The predicted octanol–water partition coefficient (Wildman–Crippen LogP) is 1.11. The summed E-state index contributed by atoms with van der Waals surface area (Å²) < 4.78 is 0. The lowest BCUT2D eigenvalue weighted by Gasteiger charge is -2.12. The molecule has 0 radical (unpaired) electrons. The molecule has 0 N–H and O–H groups in total. The molecule has 0 aromatic rings. The van der Waals surface area contributed by atoms with E-state index < -0.39 is 0 Å². The van der Waals surface area contributed by atoms with Crippen molar-refractivity contribution in [3.8, 4) is 0 Å². The summed E-state index contributed by atoms with van der Waals surface area (Å²) in [7, 11) is 3.59. The van der Waals surface area contributed by atoms with Gasteiger partial charge in [0, 0.05) is 14.1 Å². The summed E-state index contributed by atoms with van der Waals surface area (Å²) in [4.78, 5) is 16.8. The number of ketones is 1. The highest BCUT2D eigenvalue weighted by molar-refractivity contribution is 5.96. The van der Waals surface area contributed by atoms with Crippen LogP contribution in [-0.2, 0) is 4.79 Å². The lowest BCUT2D eigenvalue weighted by molar-refractivity contribution is -0.115. The molecule has 0 rings (SSSR count). The molecule has 12 heavy (non-hydrogen) atoms. The Balaban J connectivity index is 3.88. The van der Waals surface area contributed by atoms with Crippen LogP contribution in [0, 0.1) is 0 Å². The molecule has 0 saturated heterocycles. The molecule has 0 saturated carbocycles. The maximum Gasteiger partial charge on any atom is 0.199 e. The Morgan fingerprint density at radius 3 is 2.58 bits per heavy atom. The highest BCUT2D eigenvalue weighted by atomic mass is 16.1. The molecule has 0 unspecified atom stereocenters. The number of nitrogens with zero attached hydrogens (tertiary/aromatic N) is 2. The van der Waals surface area contributed by atoms with Gasteiger partial charge < -0.3 is 4.90 Å². The monoisotopic (exact) mass is 168 g/mol. The Labute approximate surface area is 73.8 Å². The number of hydrogen-bond acceptors (Lipinski definition) is 3. The van der Waals surface area contributed by atoms with Gasteiger partial charge in [0.2, 0.25) is 0 Å². The summed E-state index contributed by atoms with van der Waals surface area (Å²) in [6.45, 7) is 5.83. The van der Waals surface area contributed by atoms with Crippen LogP contribution in [0.5, 0.6) is 0 Å². The average molecular weight is 168 g/mol. The van der Waals surface area contributed by atoms with E-state index >= 15 is 0 Å². The van der Waals surface area contributed by atoms with Gasteiger partial charge in [0.25, 0.3) is 0 Å². The van der Waals surface area contributed by atoms with E-state index in [0.29, 0.717) is 5.70 Å². The molecule has 3 nitrogen and oxygen atoms in total. The first-order chi connectivity index (χ1) is 5.59. The minimum Gasteiger partial charge on any atom is -0.375 e. The van der Waals surface area contributed by atoms with E-state index in [4.69, 9.17) is 0 Å². The zero-order valence-electron chi connectivity index (χ0n) is 8.00. The highest BCUT2D eigenvalue weighted by Crippen LogP contribution is 1.96. The predicted molar refractivity (Wildman–Crippen MR) is 51.5 cm³/mol. The van der Waals surface area contributed by atoms with Crippen LogP contribution in [-0.4, -0.2) is 37.5 Å². The molecule has 0 aliphatic heterocycles. The lowest BCUT2D eigenvalue weighted by atomic mass is 10.3. The molecule has 0 aromatic carbocycles. The topological polar surface area (TPSA) is 32.7 Å². The van der Waals surface area contributed by atoms with Crippen LogP contribution in [0.4, 0.5) is 0 Å². The van der Waals surface area contributed by atoms with Gasteiger partial charge in [-0.3, -0.25) is 9.79 Å². The third kappa shape index (κ3) is 3.91. The van der Waals surface area contributed by atoms with Gasteiger partial charge in [-0.15, -0.1) is 0 Å². The maximum atomic E-state index is 11.2. The van der Waals surface area contributed by atoms with Gasteiger partial charge in [-0.25, -0.2) is 0 Å². The van der Waals surface area contributed by atoms with Crippen molar-refractivity contribution in [3.05, 3.63) is 12.3 Å². The van der Waals surface area contributed by atoms with E-state index in [0.717, 1.165) is 6.42 Å². The molecule has 0 bridgehead atoms. The first kappa shape index (κ1) is 10.9. The van der Waals surface area contributed by atoms with Crippen molar-refractivity contribution in [1.82, 2.24) is 4.90 Å². The molecule has 3 heteroatoms. The summed E-state index contributed by atoms with van der Waals surface area (Å²) in [5.41, 5.74) is 0.503. The van der Waals surface area contributed by atoms with Gasteiger partial charge >= 0.3 is 0 Å². The van der Waals surface area contributed by atoms with Crippen LogP contribution >= 0.6 is 0 Å². The number of likely N-dealkylation sites (N-methyl/N-ethyl adjacent to an activating group) is 1. The largest absolute Gasteiger partial charge is 0.375 e. The van der Waals surface area contributed by atoms with E-state index in [9.17, 15) is 4.79 Å². The molecular formula is C9H16N2O. The highest BCUT2D eigenvalue weighted by Gasteiger charge is 2.06. The van der Waals surface area contributed by atoms with Crippen molar-refractivity contribution in [2.75, 3.05) is 20.6 Å². The van der Waals surface area contributed by atoms with Gasteiger partial charge in [0.05, 0.1) is 5.70 Å². The van der Waals surface area contributed by atoms with Crippen LogP contribution in [0.3, 0.4) is 0 Å². The Bertz CT molecular complexity index is 195. The fourth-order valence-electron chi connectivity index (χ4n) is 0.617. The van der Waals surface area contributed by atoms with Crippen molar-refractivity contribution in [1.29, 1.82) is 0 Å². The lowest BCUT2D eigenvalue weighted by Crippen LogP contribution is -2.20. The van der Waals surface area contributed by atoms with Crippen molar-refractivity contribution >= 4 is 12.0 Å². The molecule has 0 aromatic heterocycles. The van der Waals surface area contributed by atoms with E-state index in [-0.39, 0.29) is 12.3 Å². The van der Waals surface area contributed by atoms with E-state index in [1.807, 2.05) is 6.92 Å². The second-order valence-corrected chi connectivity index (χ2v) is 2.70. The molecule has 0 heterocycles. The Hall–Kier alpha value is -1.12. The second kappa shape index (κ2) is 5.52. The zero-order chi connectivity index (χ0) is 9.56. The number of aliphatic imine (C=N–C) groups is 1. The van der Waals surface area contributed by atoms with Gasteiger partial charge in [-0.1, -0.05) is 13.5 Å². The number of Topliss-reactive ketones (excluding diaryl/α,β-unsaturated/α-hetero) is 1. The molecular weight excluding hydrogens is 152 g/mol. The SMILES string of the molecule is C=C(C(=O)C/N=C\CC)N(C)C. The summed E-state index contributed by atoms with van der Waals surface area (Å²) in [6.07, 6.45) is 2.60. The average Bonchev–Trinajstić information content (AvgIpc) is 2.03. The summed E-state index contributed by atoms with van der Waals surface area (Å²) in [6, 6.07) is 0. The summed E-state index contributed by atoms with van der Waals surface area (Å²) in [5.74, 6) is -0.0234. The van der Waals surface area contributed by atoms with Crippen LogP contribution in [0.15, 0.2) is 17.3 Å². The first-order valence-corrected chi connectivity index (χ1v) is 3.97. The Kier molecular flexibility index (Phi) is 5.00. The number of carbonyl (C=O) groups excluding carboxylic acids is 1. The third-order valence-corrected chi connectivity index (χ3v) is 1.41. The van der Waals surface area contributed by atoms with Gasteiger partial charge in [0.1, 0.15) is 6.54 Å². The fraction of sp³-hybridized carbons (Fsp3) is 0.556. The smallest absolute Gasteiger partial charge is 0.199 e. The van der Waals surface area contributed by atoms with Crippen LogP contribution in [0.1, 0.15) is 13.3 Å². The van der Waals surface area contributed by atoms with Crippen LogP contribution in [0.2, 0.25) is 0 Å². The van der Waals surface area contributed by atoms with Crippen molar-refractivity contribution in [2.24, 2.45) is 4.99 Å². The van der Waals surface area contributed by atoms with Crippen LogP contribution < -0.4 is 0 Å². The number of carbonyl (C=O) groups is 1. The molecule has 68 valence electrons. The Morgan fingerprint density at radius 1 is 1.58 bits per heavy atom. The first-order valence-electron chi connectivity index (χ1n) is 3.97. The maximum absolute atomic E-state index is 11.2. The standard InChI is InChI=1S/C9H16N2O/c1-5-6-10-7-9(12)8(2)11(3)4/h6H,2,5,7H2,1,3-4H3/b10-6-. The summed E-state index contributed by atoms with van der Waals surface area (Å²) in [5, 5.41) is 0. The minimum absolute atomic E-state index is 0.0234. The normalized spacial score (nSPS) is 10.2. The van der Waals surface area contributed by atoms with Crippen molar-refractivity contribution < 1.29 is 4.79 Å². The molecule has 0 amide bonds.